The maximum absolute atomic E-state index is 10.1. The summed E-state index contributed by atoms with van der Waals surface area (Å²) in [6.45, 7) is 6.23. The molecule has 0 saturated carbocycles. The maximum atomic E-state index is 10.1. The fraction of sp³-hybridized carbons (Fsp3) is 0.727. The van der Waals surface area contributed by atoms with Gasteiger partial charge in [0.2, 0.25) is 0 Å². The second-order valence-corrected chi connectivity index (χ2v) is 3.64. The first-order valence-electron chi connectivity index (χ1n) is 5.73. The van der Waals surface area contributed by atoms with Crippen molar-refractivity contribution in [1.29, 1.82) is 0 Å². The molecule has 92 valence electrons. The van der Waals surface area contributed by atoms with Crippen LogP contribution < -0.4 is 10.1 Å². The number of aliphatic hydroxyl groups excluding tert-OH is 1. The summed E-state index contributed by atoms with van der Waals surface area (Å²) in [5.41, 5.74) is 0.755. The monoisotopic (exact) mass is 227 g/mol. The third-order valence-corrected chi connectivity index (χ3v) is 2.40. The van der Waals surface area contributed by atoms with Crippen molar-refractivity contribution in [2.75, 3.05) is 20.2 Å². The Bertz CT molecular complexity index is 312. The van der Waals surface area contributed by atoms with E-state index in [0.29, 0.717) is 12.3 Å². The standard InChI is InChI=1S/C11H21N3O2/c1-4-6-14-11(9(15)7-12-5-2)10(16-3)8-13-14/h8-9,12,15H,4-7H2,1-3H3. The Morgan fingerprint density at radius 2 is 2.31 bits per heavy atom. The van der Waals surface area contributed by atoms with E-state index in [4.69, 9.17) is 4.74 Å². The molecule has 0 amide bonds. The number of hydrogen-bond acceptors (Lipinski definition) is 4. The van der Waals surface area contributed by atoms with Gasteiger partial charge in [0.25, 0.3) is 0 Å². The molecule has 1 aromatic rings. The van der Waals surface area contributed by atoms with Crippen molar-refractivity contribution in [2.24, 2.45) is 0 Å². The van der Waals surface area contributed by atoms with Crippen molar-refractivity contribution in [3.63, 3.8) is 0 Å². The van der Waals surface area contributed by atoms with Crippen molar-refractivity contribution in [2.45, 2.75) is 32.9 Å². The van der Waals surface area contributed by atoms with E-state index in [9.17, 15) is 5.11 Å². The SMILES string of the molecule is CCCn1ncc(OC)c1C(O)CNCC. The summed E-state index contributed by atoms with van der Waals surface area (Å²) in [6, 6.07) is 0. The number of nitrogens with one attached hydrogen (secondary N) is 1. The molecule has 0 aliphatic carbocycles. The number of likely N-dealkylation sites (N-methyl/N-ethyl adjacent to an activating group) is 1. The lowest BCUT2D eigenvalue weighted by molar-refractivity contribution is 0.160. The Labute approximate surface area is 96.4 Å². The summed E-state index contributed by atoms with van der Waals surface area (Å²) in [5.74, 6) is 0.652. The number of aryl methyl sites for hydroxylation is 1. The van der Waals surface area contributed by atoms with Crippen LogP contribution in [0, 0.1) is 0 Å². The molecule has 1 atom stereocenters. The number of aromatic nitrogens is 2. The molecule has 1 heterocycles. The van der Waals surface area contributed by atoms with Crippen LogP contribution in [0.15, 0.2) is 6.20 Å². The van der Waals surface area contributed by atoms with Crippen molar-refractivity contribution in [3.8, 4) is 5.75 Å². The predicted molar refractivity (Wildman–Crippen MR) is 62.6 cm³/mol. The Hall–Kier alpha value is -1.07. The molecule has 1 aromatic heterocycles. The van der Waals surface area contributed by atoms with E-state index in [1.807, 2.05) is 6.92 Å². The summed E-state index contributed by atoms with van der Waals surface area (Å²) in [4.78, 5) is 0. The topological polar surface area (TPSA) is 59.3 Å². The smallest absolute Gasteiger partial charge is 0.162 e. The van der Waals surface area contributed by atoms with E-state index < -0.39 is 6.10 Å². The average Bonchev–Trinajstić information content (AvgIpc) is 2.69. The highest BCUT2D eigenvalue weighted by Gasteiger charge is 2.18. The molecule has 2 N–H and O–H groups in total. The highest BCUT2D eigenvalue weighted by Crippen LogP contribution is 2.24. The van der Waals surface area contributed by atoms with E-state index in [1.165, 1.54) is 0 Å². The zero-order valence-corrected chi connectivity index (χ0v) is 10.2. The van der Waals surface area contributed by atoms with Crippen LogP contribution in [0.2, 0.25) is 0 Å². The minimum atomic E-state index is -0.580. The molecule has 0 aliphatic heterocycles. The molecule has 0 fully saturated rings. The highest BCUT2D eigenvalue weighted by atomic mass is 16.5. The third-order valence-electron chi connectivity index (χ3n) is 2.40. The first-order valence-corrected chi connectivity index (χ1v) is 5.73. The van der Waals surface area contributed by atoms with Gasteiger partial charge in [-0.05, 0) is 13.0 Å². The lowest BCUT2D eigenvalue weighted by Gasteiger charge is -2.14. The summed E-state index contributed by atoms with van der Waals surface area (Å²) in [7, 11) is 1.59. The van der Waals surface area contributed by atoms with Gasteiger partial charge in [0.1, 0.15) is 11.8 Å². The number of methoxy groups -OCH3 is 1. The molecular weight excluding hydrogens is 206 g/mol. The van der Waals surface area contributed by atoms with Crippen molar-refractivity contribution < 1.29 is 9.84 Å². The van der Waals surface area contributed by atoms with Crippen LogP contribution in [-0.4, -0.2) is 35.1 Å². The molecule has 16 heavy (non-hydrogen) atoms. The first-order chi connectivity index (χ1) is 7.74. The lowest BCUT2D eigenvalue weighted by Crippen LogP contribution is -2.23. The number of nitrogens with zero attached hydrogens (tertiary/aromatic N) is 2. The zero-order chi connectivity index (χ0) is 12.0. The van der Waals surface area contributed by atoms with Gasteiger partial charge < -0.3 is 15.2 Å². The summed E-state index contributed by atoms with van der Waals surface area (Å²) in [6.07, 6.45) is 2.05. The lowest BCUT2D eigenvalue weighted by atomic mass is 10.2. The van der Waals surface area contributed by atoms with Crippen molar-refractivity contribution >= 4 is 0 Å². The van der Waals surface area contributed by atoms with Crippen molar-refractivity contribution in [3.05, 3.63) is 11.9 Å². The van der Waals surface area contributed by atoms with E-state index >= 15 is 0 Å². The summed E-state index contributed by atoms with van der Waals surface area (Å²) >= 11 is 0. The van der Waals surface area contributed by atoms with Gasteiger partial charge in [-0.2, -0.15) is 5.10 Å². The number of hydrogen-bond donors (Lipinski definition) is 2. The highest BCUT2D eigenvalue weighted by molar-refractivity contribution is 5.27. The van der Waals surface area contributed by atoms with Crippen LogP contribution in [-0.2, 0) is 6.54 Å². The fourth-order valence-corrected chi connectivity index (χ4v) is 1.64. The second-order valence-electron chi connectivity index (χ2n) is 3.64. The van der Waals surface area contributed by atoms with Gasteiger partial charge in [-0.15, -0.1) is 0 Å². The largest absolute Gasteiger partial charge is 0.493 e. The molecule has 0 bridgehead atoms. The van der Waals surface area contributed by atoms with Gasteiger partial charge in [0.05, 0.1) is 13.3 Å². The number of aliphatic hydroxyl groups is 1. The molecule has 1 rings (SSSR count). The molecule has 0 saturated heterocycles. The van der Waals surface area contributed by atoms with Crippen LogP contribution in [0.25, 0.3) is 0 Å². The van der Waals surface area contributed by atoms with Crippen LogP contribution in [0.3, 0.4) is 0 Å². The zero-order valence-electron chi connectivity index (χ0n) is 10.2. The minimum Gasteiger partial charge on any atom is -0.493 e. The molecule has 5 nitrogen and oxygen atoms in total. The number of ether oxygens (including phenoxy) is 1. The molecule has 0 radical (unpaired) electrons. The molecule has 5 heteroatoms. The predicted octanol–water partition coefficient (Wildman–Crippen LogP) is 0.945. The molecule has 1 unspecified atom stereocenters. The van der Waals surface area contributed by atoms with Gasteiger partial charge in [-0.1, -0.05) is 13.8 Å². The average molecular weight is 227 g/mol. The third kappa shape index (κ3) is 2.96. The molecular formula is C11H21N3O2. The van der Waals surface area contributed by atoms with Gasteiger partial charge in [0.15, 0.2) is 5.75 Å². The minimum absolute atomic E-state index is 0.516. The van der Waals surface area contributed by atoms with Gasteiger partial charge in [-0.25, -0.2) is 0 Å². The summed E-state index contributed by atoms with van der Waals surface area (Å²) in [5, 5.41) is 17.4. The Kier molecular flexibility index (Phi) is 5.28. The molecule has 0 spiro atoms. The quantitative estimate of drug-likeness (QED) is 0.728. The van der Waals surface area contributed by atoms with E-state index in [0.717, 1.165) is 25.2 Å². The normalized spacial score (nSPS) is 12.8. The van der Waals surface area contributed by atoms with Crippen molar-refractivity contribution in [1.82, 2.24) is 15.1 Å². The molecule has 0 aliphatic rings. The fourth-order valence-electron chi connectivity index (χ4n) is 1.64. The summed E-state index contributed by atoms with van der Waals surface area (Å²) < 4.78 is 7.01. The second kappa shape index (κ2) is 6.50. The van der Waals surface area contributed by atoms with Crippen LogP contribution in [0.4, 0.5) is 0 Å². The van der Waals surface area contributed by atoms with Crippen LogP contribution >= 0.6 is 0 Å². The number of rotatable bonds is 7. The van der Waals surface area contributed by atoms with E-state index in [2.05, 4.69) is 17.3 Å². The van der Waals surface area contributed by atoms with E-state index in [1.54, 1.807) is 18.0 Å². The Morgan fingerprint density at radius 1 is 1.56 bits per heavy atom. The first kappa shape index (κ1) is 13.0. The maximum Gasteiger partial charge on any atom is 0.162 e. The van der Waals surface area contributed by atoms with Crippen LogP contribution in [0.5, 0.6) is 5.75 Å². The van der Waals surface area contributed by atoms with Gasteiger partial charge in [0, 0.05) is 13.1 Å². The Morgan fingerprint density at radius 3 is 2.88 bits per heavy atom. The van der Waals surface area contributed by atoms with Gasteiger partial charge >= 0.3 is 0 Å². The van der Waals surface area contributed by atoms with E-state index in [-0.39, 0.29) is 0 Å². The van der Waals surface area contributed by atoms with Crippen LogP contribution in [0.1, 0.15) is 32.1 Å². The Balaban J connectivity index is 2.84. The molecule has 0 aromatic carbocycles. The van der Waals surface area contributed by atoms with Gasteiger partial charge in [-0.3, -0.25) is 4.68 Å².